The average molecular weight is 342 g/mol. The van der Waals surface area contributed by atoms with Gasteiger partial charge in [-0.25, -0.2) is 0 Å². The summed E-state index contributed by atoms with van der Waals surface area (Å²) in [6, 6.07) is 0. The molecule has 2 aliphatic rings. The Labute approximate surface area is 130 Å². The minimum Gasteiger partial charge on any atom is -0.394 e. The fourth-order valence-corrected chi connectivity index (χ4v) is 3.00. The van der Waals surface area contributed by atoms with E-state index in [1.807, 2.05) is 0 Å². The predicted octanol–water partition coefficient (Wildman–Crippen LogP) is -6.01. The van der Waals surface area contributed by atoms with Crippen molar-refractivity contribution < 1.29 is 55.4 Å². The van der Waals surface area contributed by atoms with E-state index in [-0.39, 0.29) is 0 Å². The van der Waals surface area contributed by atoms with E-state index in [9.17, 15) is 40.9 Å². The van der Waals surface area contributed by atoms with E-state index in [2.05, 4.69) is 0 Å². The molecule has 0 spiro atoms. The Morgan fingerprint density at radius 3 is 1.87 bits per heavy atom. The summed E-state index contributed by atoms with van der Waals surface area (Å²) < 4.78 is 9.97. The van der Waals surface area contributed by atoms with Crippen molar-refractivity contribution >= 4 is 0 Å². The van der Waals surface area contributed by atoms with Crippen LogP contribution in [-0.2, 0) is 9.47 Å². The van der Waals surface area contributed by atoms with Crippen LogP contribution in [0.15, 0.2) is 0 Å². The van der Waals surface area contributed by atoms with Crippen LogP contribution in [0.5, 0.6) is 0 Å². The summed E-state index contributed by atoms with van der Waals surface area (Å²) in [5, 5.41) is 88.0. The fourth-order valence-electron chi connectivity index (χ4n) is 3.00. The highest BCUT2D eigenvalue weighted by molar-refractivity contribution is 5.11. The van der Waals surface area contributed by atoms with E-state index in [0.717, 1.165) is 0 Å². The normalized spacial score (nSPS) is 54.9. The molecule has 136 valence electrons. The summed E-state index contributed by atoms with van der Waals surface area (Å²) in [5.41, 5.74) is -2.64. The molecule has 0 bridgehead atoms. The van der Waals surface area contributed by atoms with E-state index in [4.69, 9.17) is 14.6 Å². The minimum atomic E-state index is -2.64. The maximum absolute atomic E-state index is 10.7. The van der Waals surface area contributed by atoms with Gasteiger partial charge in [0.15, 0.2) is 11.9 Å². The number of hydrogen-bond acceptors (Lipinski definition) is 11. The first-order valence-corrected chi connectivity index (χ1v) is 7.03. The number of ether oxygens (including phenoxy) is 2. The lowest BCUT2D eigenvalue weighted by atomic mass is 9.75. The summed E-state index contributed by atoms with van der Waals surface area (Å²) in [5.74, 6) is 0. The highest BCUT2D eigenvalue weighted by Crippen LogP contribution is 2.38. The molecule has 0 radical (unpaired) electrons. The highest BCUT2D eigenvalue weighted by Gasteiger charge is 2.63. The molecule has 11 nitrogen and oxygen atoms in total. The molecular formula is C12H22O11. The van der Waals surface area contributed by atoms with Crippen molar-refractivity contribution in [2.75, 3.05) is 13.2 Å². The summed E-state index contributed by atoms with van der Waals surface area (Å²) in [7, 11) is 0. The SMILES string of the molecule is OC[C@H]1O[C@@H]([C@@]2(O)[C@H](O)[C@@H](O)[C@H](O)O[C@@H]2CO)[C@H](O)[C@@H](O)[C@@H]1O. The standard InChI is InChI=1S/C12H22O11/c13-1-3-5(15)6(16)7(17)10(22-3)12(21)4(2-14)23-11(20)8(18)9(12)19/h3-11,13-21H,1-2H2/t3-,4-,5-,6+,7-,8-,9-,10-,11-,12+/m1/s1. The van der Waals surface area contributed by atoms with Crippen LogP contribution in [0.2, 0.25) is 0 Å². The predicted molar refractivity (Wildman–Crippen MR) is 68.7 cm³/mol. The molecule has 2 saturated heterocycles. The Morgan fingerprint density at radius 2 is 1.35 bits per heavy atom. The molecule has 0 amide bonds. The third kappa shape index (κ3) is 2.88. The Hall–Kier alpha value is -0.440. The summed E-state index contributed by atoms with van der Waals surface area (Å²) in [4.78, 5) is 0. The van der Waals surface area contributed by atoms with Gasteiger partial charge in [-0.2, -0.15) is 0 Å². The van der Waals surface area contributed by atoms with E-state index in [1.54, 1.807) is 0 Å². The Balaban J connectivity index is 2.38. The van der Waals surface area contributed by atoms with E-state index in [1.165, 1.54) is 0 Å². The molecule has 0 aliphatic carbocycles. The van der Waals surface area contributed by atoms with Crippen molar-refractivity contribution in [1.29, 1.82) is 0 Å². The highest BCUT2D eigenvalue weighted by atomic mass is 16.6. The van der Waals surface area contributed by atoms with Gasteiger partial charge in [0.1, 0.15) is 48.8 Å². The maximum Gasteiger partial charge on any atom is 0.184 e. The van der Waals surface area contributed by atoms with Crippen LogP contribution in [0.3, 0.4) is 0 Å². The molecule has 0 saturated carbocycles. The van der Waals surface area contributed by atoms with Crippen LogP contribution in [0.25, 0.3) is 0 Å². The van der Waals surface area contributed by atoms with Gasteiger partial charge < -0.3 is 55.4 Å². The molecule has 10 atom stereocenters. The summed E-state index contributed by atoms with van der Waals surface area (Å²) in [6.07, 6.45) is -16.4. The molecule has 23 heavy (non-hydrogen) atoms. The topological polar surface area (TPSA) is 201 Å². The maximum atomic E-state index is 10.7. The van der Waals surface area contributed by atoms with E-state index in [0.29, 0.717) is 0 Å². The molecule has 0 unspecified atom stereocenters. The van der Waals surface area contributed by atoms with Gasteiger partial charge in [0.05, 0.1) is 13.2 Å². The Morgan fingerprint density at radius 1 is 0.739 bits per heavy atom. The van der Waals surface area contributed by atoms with Gasteiger partial charge in [0, 0.05) is 0 Å². The third-order valence-electron chi connectivity index (χ3n) is 4.42. The summed E-state index contributed by atoms with van der Waals surface area (Å²) in [6.45, 7) is -1.70. The van der Waals surface area contributed by atoms with Crippen LogP contribution in [0.1, 0.15) is 0 Å². The number of hydrogen-bond donors (Lipinski definition) is 9. The first-order chi connectivity index (χ1) is 10.7. The van der Waals surface area contributed by atoms with Gasteiger partial charge in [-0.15, -0.1) is 0 Å². The molecule has 9 N–H and O–H groups in total. The minimum absolute atomic E-state index is 0.774. The van der Waals surface area contributed by atoms with Crippen LogP contribution in [0.4, 0.5) is 0 Å². The molecule has 2 aliphatic heterocycles. The quantitative estimate of drug-likeness (QED) is 0.236. The zero-order chi connectivity index (χ0) is 17.5. The smallest absolute Gasteiger partial charge is 0.184 e. The second kappa shape index (κ2) is 6.82. The number of aliphatic hydroxyl groups is 9. The second-order valence-corrected chi connectivity index (χ2v) is 5.77. The summed E-state index contributed by atoms with van der Waals surface area (Å²) >= 11 is 0. The second-order valence-electron chi connectivity index (χ2n) is 5.77. The van der Waals surface area contributed by atoms with Crippen LogP contribution < -0.4 is 0 Å². The molecule has 0 aromatic carbocycles. The monoisotopic (exact) mass is 342 g/mol. The molecule has 2 rings (SSSR count). The first kappa shape index (κ1) is 18.9. The molecule has 2 fully saturated rings. The zero-order valence-corrected chi connectivity index (χ0v) is 12.0. The van der Waals surface area contributed by atoms with Crippen molar-refractivity contribution in [3.05, 3.63) is 0 Å². The van der Waals surface area contributed by atoms with Crippen LogP contribution >= 0.6 is 0 Å². The lowest BCUT2D eigenvalue weighted by Crippen LogP contribution is -2.77. The van der Waals surface area contributed by atoms with Crippen LogP contribution in [-0.4, -0.2) is 120 Å². The molecule has 2 heterocycles. The van der Waals surface area contributed by atoms with Crippen molar-refractivity contribution in [3.8, 4) is 0 Å². The van der Waals surface area contributed by atoms with E-state index < -0.39 is 73.9 Å². The van der Waals surface area contributed by atoms with Crippen molar-refractivity contribution in [1.82, 2.24) is 0 Å². The van der Waals surface area contributed by atoms with Crippen molar-refractivity contribution in [2.45, 2.75) is 60.7 Å². The van der Waals surface area contributed by atoms with Crippen molar-refractivity contribution in [3.63, 3.8) is 0 Å². The average Bonchev–Trinajstić information content (AvgIpc) is 2.54. The lowest BCUT2D eigenvalue weighted by Gasteiger charge is -2.54. The molecule has 11 heteroatoms. The van der Waals surface area contributed by atoms with Gasteiger partial charge in [-0.05, 0) is 0 Å². The van der Waals surface area contributed by atoms with Gasteiger partial charge >= 0.3 is 0 Å². The number of rotatable bonds is 3. The Bertz CT molecular complexity index is 402. The molecular weight excluding hydrogens is 320 g/mol. The van der Waals surface area contributed by atoms with Gasteiger partial charge in [-0.3, -0.25) is 0 Å². The third-order valence-corrected chi connectivity index (χ3v) is 4.42. The van der Waals surface area contributed by atoms with Gasteiger partial charge in [0.25, 0.3) is 0 Å². The van der Waals surface area contributed by atoms with Gasteiger partial charge in [-0.1, -0.05) is 0 Å². The number of aliphatic hydroxyl groups excluding tert-OH is 8. The lowest BCUT2D eigenvalue weighted by molar-refractivity contribution is -0.367. The largest absolute Gasteiger partial charge is 0.394 e. The van der Waals surface area contributed by atoms with Crippen LogP contribution in [0, 0.1) is 0 Å². The van der Waals surface area contributed by atoms with Crippen molar-refractivity contribution in [2.24, 2.45) is 0 Å². The fraction of sp³-hybridized carbons (Fsp3) is 1.00. The van der Waals surface area contributed by atoms with E-state index >= 15 is 0 Å². The Kier molecular flexibility index (Phi) is 5.60. The van der Waals surface area contributed by atoms with Gasteiger partial charge in [0.2, 0.25) is 0 Å². The zero-order valence-electron chi connectivity index (χ0n) is 12.0. The first-order valence-electron chi connectivity index (χ1n) is 7.03. The molecule has 0 aromatic rings. The molecule has 0 aromatic heterocycles.